The van der Waals surface area contributed by atoms with Gasteiger partial charge in [0.15, 0.2) is 6.61 Å². The number of para-hydroxylation sites is 1. The van der Waals surface area contributed by atoms with Crippen LogP contribution in [-0.4, -0.2) is 44.8 Å². The van der Waals surface area contributed by atoms with E-state index in [1.165, 1.54) is 12.1 Å². The number of likely N-dealkylation sites (N-methyl/N-ethyl adjacent to an activating group) is 1. The van der Waals surface area contributed by atoms with E-state index >= 15 is 0 Å². The first kappa shape index (κ1) is 21.0. The molecule has 0 saturated heterocycles. The van der Waals surface area contributed by atoms with Gasteiger partial charge in [0, 0.05) is 7.05 Å². The van der Waals surface area contributed by atoms with Gasteiger partial charge >= 0.3 is 5.97 Å². The molecule has 0 aliphatic rings. The fourth-order valence-electron chi connectivity index (χ4n) is 2.12. The van der Waals surface area contributed by atoms with Crippen LogP contribution in [0.2, 0.25) is 0 Å². The summed E-state index contributed by atoms with van der Waals surface area (Å²) in [6, 6.07) is 12.3. The first-order valence-corrected chi connectivity index (χ1v) is 9.34. The van der Waals surface area contributed by atoms with E-state index in [0.29, 0.717) is 0 Å². The number of nitrogens with one attached hydrogen (secondary N) is 1. The van der Waals surface area contributed by atoms with Crippen LogP contribution in [0.15, 0.2) is 53.4 Å². The highest BCUT2D eigenvalue weighted by Gasteiger charge is 2.24. The zero-order valence-electron chi connectivity index (χ0n) is 14.8. The van der Waals surface area contributed by atoms with Crippen molar-refractivity contribution >= 4 is 27.6 Å². The number of nitrogens with zero attached hydrogens (tertiary/aromatic N) is 2. The summed E-state index contributed by atoms with van der Waals surface area (Å²) in [4.78, 5) is 23.5. The second-order valence-corrected chi connectivity index (χ2v) is 7.63. The highest BCUT2D eigenvalue weighted by molar-refractivity contribution is 7.89. The predicted octanol–water partition coefficient (Wildman–Crippen LogP) is 1.50. The lowest BCUT2D eigenvalue weighted by Gasteiger charge is -2.16. The number of hydrogen-bond acceptors (Lipinski definition) is 6. The molecule has 0 unspecified atom stereocenters. The zero-order chi connectivity index (χ0) is 20.7. The number of hydrogen-bond donors (Lipinski definition) is 1. The minimum atomic E-state index is -4.02. The molecule has 2 aromatic rings. The molecule has 0 aliphatic carbocycles. The highest BCUT2D eigenvalue weighted by atomic mass is 32.2. The number of anilines is 1. The maximum absolute atomic E-state index is 12.9. The number of nitriles is 1. The van der Waals surface area contributed by atoms with Gasteiger partial charge in [0.05, 0.1) is 16.1 Å². The van der Waals surface area contributed by atoms with Crippen molar-refractivity contribution in [2.24, 2.45) is 0 Å². The average molecular weight is 405 g/mol. The Morgan fingerprint density at radius 1 is 1.18 bits per heavy atom. The fraction of sp³-hybridized carbons (Fsp3) is 0.167. The van der Waals surface area contributed by atoms with E-state index in [4.69, 9.17) is 10.00 Å². The lowest BCUT2D eigenvalue weighted by molar-refractivity contribution is -0.147. The van der Waals surface area contributed by atoms with Crippen LogP contribution in [-0.2, 0) is 24.3 Å². The summed E-state index contributed by atoms with van der Waals surface area (Å²) in [6.07, 6.45) is 0. The molecule has 0 spiro atoms. The normalized spacial score (nSPS) is 10.9. The van der Waals surface area contributed by atoms with Crippen molar-refractivity contribution in [1.29, 1.82) is 5.26 Å². The molecule has 0 atom stereocenters. The molecule has 146 valence electrons. The van der Waals surface area contributed by atoms with E-state index in [-0.39, 0.29) is 16.1 Å². The number of amides is 1. The van der Waals surface area contributed by atoms with Gasteiger partial charge in [0.1, 0.15) is 18.4 Å². The van der Waals surface area contributed by atoms with Crippen molar-refractivity contribution < 1.29 is 27.1 Å². The van der Waals surface area contributed by atoms with Crippen molar-refractivity contribution in [3.63, 3.8) is 0 Å². The third kappa shape index (κ3) is 5.35. The van der Waals surface area contributed by atoms with Crippen LogP contribution in [0.25, 0.3) is 0 Å². The molecule has 28 heavy (non-hydrogen) atoms. The van der Waals surface area contributed by atoms with Crippen molar-refractivity contribution in [1.82, 2.24) is 4.31 Å². The second-order valence-electron chi connectivity index (χ2n) is 5.58. The minimum Gasteiger partial charge on any atom is -0.455 e. The lowest BCUT2D eigenvalue weighted by Crippen LogP contribution is -2.34. The Balaban J connectivity index is 1.90. The van der Waals surface area contributed by atoms with Crippen LogP contribution in [0, 0.1) is 17.1 Å². The molecule has 0 heterocycles. The fourth-order valence-corrected chi connectivity index (χ4v) is 3.24. The van der Waals surface area contributed by atoms with Crippen LogP contribution < -0.4 is 5.32 Å². The van der Waals surface area contributed by atoms with Gasteiger partial charge in [-0.3, -0.25) is 9.59 Å². The topological polar surface area (TPSA) is 117 Å². The summed E-state index contributed by atoms with van der Waals surface area (Å²) in [5.74, 6) is -2.22. The lowest BCUT2D eigenvalue weighted by atomic mass is 10.2. The van der Waals surface area contributed by atoms with Crippen molar-refractivity contribution in [2.75, 3.05) is 25.5 Å². The molecule has 1 amide bonds. The van der Waals surface area contributed by atoms with Gasteiger partial charge in [0.25, 0.3) is 5.91 Å². The molecule has 8 nitrogen and oxygen atoms in total. The SMILES string of the molecule is CN(CC(=O)OCC(=O)Nc1ccccc1C#N)S(=O)(=O)c1ccc(F)cc1. The molecule has 0 saturated carbocycles. The summed E-state index contributed by atoms with van der Waals surface area (Å²) in [6.45, 7) is -1.29. The molecule has 0 bridgehead atoms. The van der Waals surface area contributed by atoms with Gasteiger partial charge in [0.2, 0.25) is 10.0 Å². The first-order chi connectivity index (χ1) is 13.2. The Morgan fingerprint density at radius 3 is 2.46 bits per heavy atom. The number of rotatable bonds is 7. The summed E-state index contributed by atoms with van der Waals surface area (Å²) >= 11 is 0. The maximum atomic E-state index is 12.9. The quantitative estimate of drug-likeness (QED) is 0.698. The molecule has 10 heteroatoms. The molecule has 0 aromatic heterocycles. The number of esters is 1. The van der Waals surface area contributed by atoms with Crippen molar-refractivity contribution in [3.8, 4) is 6.07 Å². The van der Waals surface area contributed by atoms with Gasteiger partial charge in [-0.05, 0) is 36.4 Å². The van der Waals surface area contributed by atoms with E-state index in [0.717, 1.165) is 35.6 Å². The number of sulfonamides is 1. The van der Waals surface area contributed by atoms with Crippen molar-refractivity contribution in [2.45, 2.75) is 4.90 Å². The molecule has 1 N–H and O–H groups in total. The number of ether oxygens (including phenoxy) is 1. The van der Waals surface area contributed by atoms with Gasteiger partial charge in [-0.15, -0.1) is 0 Å². The van der Waals surface area contributed by atoms with Crippen LogP contribution in [0.1, 0.15) is 5.56 Å². The summed E-state index contributed by atoms with van der Waals surface area (Å²) < 4.78 is 43.1. The molecule has 0 radical (unpaired) electrons. The Morgan fingerprint density at radius 2 is 1.82 bits per heavy atom. The second kappa shape index (κ2) is 9.07. The molecule has 2 aromatic carbocycles. The highest BCUT2D eigenvalue weighted by Crippen LogP contribution is 2.15. The molecule has 0 aliphatic heterocycles. The third-order valence-corrected chi connectivity index (χ3v) is 5.38. The minimum absolute atomic E-state index is 0.185. The van der Waals surface area contributed by atoms with E-state index in [1.54, 1.807) is 12.1 Å². The summed E-state index contributed by atoms with van der Waals surface area (Å²) in [5, 5.41) is 11.4. The smallest absolute Gasteiger partial charge is 0.321 e. The number of benzene rings is 2. The van der Waals surface area contributed by atoms with Gasteiger partial charge in [-0.2, -0.15) is 9.57 Å². The molecule has 2 rings (SSSR count). The Bertz CT molecular complexity index is 1020. The third-order valence-electron chi connectivity index (χ3n) is 3.56. The standard InChI is InChI=1S/C18H16FN3O5S/c1-22(28(25,26)15-8-6-14(19)7-9-15)11-18(24)27-12-17(23)21-16-5-3-2-4-13(16)10-20/h2-9H,11-12H2,1H3,(H,21,23). The van der Waals surface area contributed by atoms with Crippen LogP contribution in [0.4, 0.5) is 10.1 Å². The Labute approximate surface area is 161 Å². The summed E-state index contributed by atoms with van der Waals surface area (Å²) in [7, 11) is -2.86. The Hall–Kier alpha value is -3.29. The number of halogens is 1. The molecule has 0 fully saturated rings. The van der Waals surface area contributed by atoms with Crippen LogP contribution in [0.5, 0.6) is 0 Å². The summed E-state index contributed by atoms with van der Waals surface area (Å²) in [5.41, 5.74) is 0.509. The largest absolute Gasteiger partial charge is 0.455 e. The molecular weight excluding hydrogens is 389 g/mol. The van der Waals surface area contributed by atoms with Crippen LogP contribution >= 0.6 is 0 Å². The number of carbonyl (C=O) groups excluding carboxylic acids is 2. The van der Waals surface area contributed by atoms with Gasteiger partial charge < -0.3 is 10.1 Å². The van der Waals surface area contributed by atoms with Gasteiger partial charge in [-0.1, -0.05) is 12.1 Å². The zero-order valence-corrected chi connectivity index (χ0v) is 15.6. The van der Waals surface area contributed by atoms with Gasteiger partial charge in [-0.25, -0.2) is 12.8 Å². The van der Waals surface area contributed by atoms with E-state index in [9.17, 15) is 22.4 Å². The van der Waals surface area contributed by atoms with Crippen molar-refractivity contribution in [3.05, 3.63) is 59.9 Å². The monoisotopic (exact) mass is 405 g/mol. The maximum Gasteiger partial charge on any atom is 0.321 e. The number of carbonyl (C=O) groups is 2. The van der Waals surface area contributed by atoms with Crippen LogP contribution in [0.3, 0.4) is 0 Å². The van der Waals surface area contributed by atoms with E-state index in [1.807, 2.05) is 6.07 Å². The molecular formula is C18H16FN3O5S. The average Bonchev–Trinajstić information content (AvgIpc) is 2.67. The first-order valence-electron chi connectivity index (χ1n) is 7.90. The van der Waals surface area contributed by atoms with E-state index < -0.39 is 40.9 Å². The van der Waals surface area contributed by atoms with E-state index in [2.05, 4.69) is 5.32 Å². The predicted molar refractivity (Wildman–Crippen MR) is 97.0 cm³/mol. The Kier molecular flexibility index (Phi) is 6.81.